The molecule has 3 rings (SSSR count). The van der Waals surface area contributed by atoms with Gasteiger partial charge >= 0.3 is 15.6 Å². The Kier molecular flexibility index (Phi) is 42.9. The molecule has 546 valence electrons. The summed E-state index contributed by atoms with van der Waals surface area (Å²) in [5, 5.41) is 173. The molecule has 28 nitrogen and oxygen atoms in total. The number of rotatable bonds is 52. The van der Waals surface area contributed by atoms with E-state index >= 15 is 0 Å². The summed E-state index contributed by atoms with van der Waals surface area (Å²) in [5.41, 5.74) is 0. The van der Waals surface area contributed by atoms with Gasteiger partial charge in [-0.2, -0.15) is 0 Å². The van der Waals surface area contributed by atoms with Crippen molar-refractivity contribution >= 4 is 21.6 Å². The number of aliphatic hydroxyl groups excluding tert-OH is 16. The van der Waals surface area contributed by atoms with E-state index in [4.69, 9.17) is 27.6 Å². The number of phosphoric ester groups is 2. The molecule has 1 aliphatic heterocycles. The lowest BCUT2D eigenvalue weighted by atomic mass is 9.84. The second-order valence-corrected chi connectivity index (χ2v) is 28.7. The van der Waals surface area contributed by atoms with Crippen molar-refractivity contribution in [1.29, 1.82) is 0 Å². The molecule has 0 bridgehead atoms. The van der Waals surface area contributed by atoms with E-state index in [2.05, 4.69) is 19.2 Å². The van der Waals surface area contributed by atoms with Gasteiger partial charge in [-0.05, 0) is 12.8 Å². The van der Waals surface area contributed by atoms with Crippen LogP contribution in [0.3, 0.4) is 0 Å². The van der Waals surface area contributed by atoms with Gasteiger partial charge in [0.25, 0.3) is 5.91 Å². The van der Waals surface area contributed by atoms with Gasteiger partial charge in [0, 0.05) is 0 Å². The van der Waals surface area contributed by atoms with Crippen LogP contribution in [0.15, 0.2) is 0 Å². The van der Waals surface area contributed by atoms with E-state index in [1.165, 1.54) is 128 Å². The largest absolute Gasteiger partial charge is 0.472 e. The molecule has 3 aliphatic rings. The van der Waals surface area contributed by atoms with Crippen LogP contribution in [0, 0.1) is 0 Å². The first kappa shape index (κ1) is 85.2. The molecule has 0 spiro atoms. The average Bonchev–Trinajstić information content (AvgIpc) is 0.788. The van der Waals surface area contributed by atoms with Gasteiger partial charge in [0.2, 0.25) is 0 Å². The molecule has 3 fully saturated rings. The number of hydrogen-bond donors (Lipinski definition) is 19. The standard InChI is InChI=1S/C62H121NO27P2/c1-3-5-7-9-11-13-15-17-18-19-20-21-22-23-24-25-27-29-31-33-35-37-42(65)45(67)61(80)63-40(44(66)41(64)36-34-32-30-28-26-16-14-12-10-8-6-4-2)38-85-91(81,82)90-60-56(78)52(74)51(73)55(77)59(60)88-62-57(79)47(69)46(68)43(87-62)39-86-92(83,84)89-58-53(75)49(71)48(70)50(72)54(58)76/h40-60,62,64-79H,3-39H2,1-2H3,(H,63,80)(H,81,82)(H,83,84). The summed E-state index contributed by atoms with van der Waals surface area (Å²) >= 11 is 0. The van der Waals surface area contributed by atoms with Crippen molar-refractivity contribution in [2.45, 2.75) is 373 Å². The maximum atomic E-state index is 13.8. The fraction of sp³-hybridized carbons (Fsp3) is 0.984. The number of phosphoric acid groups is 2. The maximum absolute atomic E-state index is 13.8. The van der Waals surface area contributed by atoms with Crippen molar-refractivity contribution in [3.05, 3.63) is 0 Å². The molecule has 92 heavy (non-hydrogen) atoms. The highest BCUT2D eigenvalue weighted by Crippen LogP contribution is 2.49. The van der Waals surface area contributed by atoms with Gasteiger partial charge < -0.3 is 106 Å². The zero-order valence-corrected chi connectivity index (χ0v) is 56.3. The van der Waals surface area contributed by atoms with Crippen LogP contribution in [0.4, 0.5) is 0 Å². The molecular formula is C62H121NO27P2. The molecule has 0 aromatic carbocycles. The van der Waals surface area contributed by atoms with Gasteiger partial charge in [-0.1, -0.05) is 226 Å². The minimum absolute atomic E-state index is 0.00823. The predicted molar refractivity (Wildman–Crippen MR) is 336 cm³/mol. The smallest absolute Gasteiger partial charge is 0.390 e. The Morgan fingerprint density at radius 3 is 1.12 bits per heavy atom. The fourth-order valence-corrected chi connectivity index (χ4v) is 14.0. The number of ether oxygens (including phenoxy) is 2. The summed E-state index contributed by atoms with van der Waals surface area (Å²) in [4.78, 5) is 35.1. The Hall–Kier alpha value is -1.03. The molecule has 1 amide bonds. The van der Waals surface area contributed by atoms with Crippen molar-refractivity contribution in [2.75, 3.05) is 13.2 Å². The number of aliphatic hydroxyl groups is 16. The predicted octanol–water partition coefficient (Wildman–Crippen LogP) is 3.08. The zero-order chi connectivity index (χ0) is 68.4. The van der Waals surface area contributed by atoms with Crippen molar-refractivity contribution < 1.29 is 133 Å². The van der Waals surface area contributed by atoms with E-state index in [0.717, 1.165) is 64.2 Å². The number of carbonyl (C=O) groups is 1. The van der Waals surface area contributed by atoms with Gasteiger partial charge in [-0.15, -0.1) is 0 Å². The van der Waals surface area contributed by atoms with Crippen LogP contribution in [-0.2, 0) is 41.5 Å². The Morgan fingerprint density at radius 2 is 0.717 bits per heavy atom. The third-order valence-corrected chi connectivity index (χ3v) is 20.1. The minimum atomic E-state index is -5.75. The molecule has 1 saturated heterocycles. The van der Waals surface area contributed by atoms with Gasteiger partial charge in [-0.3, -0.25) is 22.9 Å². The number of nitrogens with one attached hydrogen (secondary N) is 1. The molecule has 2 saturated carbocycles. The second-order valence-electron chi connectivity index (χ2n) is 25.9. The van der Waals surface area contributed by atoms with Crippen LogP contribution in [0.25, 0.3) is 0 Å². The Labute approximate surface area is 544 Å². The monoisotopic (exact) mass is 1370 g/mol. The summed E-state index contributed by atoms with van der Waals surface area (Å²) < 4.78 is 57.7. The van der Waals surface area contributed by atoms with Crippen LogP contribution in [0.1, 0.15) is 239 Å². The number of unbranched alkanes of at least 4 members (excludes halogenated alkanes) is 31. The van der Waals surface area contributed by atoms with Crippen molar-refractivity contribution in [3.63, 3.8) is 0 Å². The van der Waals surface area contributed by atoms with E-state index in [1.54, 1.807) is 0 Å². The summed E-state index contributed by atoms with van der Waals surface area (Å²) in [6.07, 6.45) is -9.03. The summed E-state index contributed by atoms with van der Waals surface area (Å²) in [6, 6.07) is -1.81. The minimum Gasteiger partial charge on any atom is -0.390 e. The second kappa shape index (κ2) is 46.3. The van der Waals surface area contributed by atoms with Crippen LogP contribution in [0.2, 0.25) is 0 Å². The lowest BCUT2D eigenvalue weighted by Gasteiger charge is -2.47. The normalized spacial score (nSPS) is 31.7. The molecule has 2 aliphatic carbocycles. The molecule has 22 unspecified atom stereocenters. The zero-order valence-electron chi connectivity index (χ0n) is 54.5. The van der Waals surface area contributed by atoms with Gasteiger partial charge in [0.15, 0.2) is 12.4 Å². The number of hydrogen-bond acceptors (Lipinski definition) is 25. The van der Waals surface area contributed by atoms with Gasteiger partial charge in [0.05, 0.1) is 31.5 Å². The van der Waals surface area contributed by atoms with E-state index in [9.17, 15) is 105 Å². The van der Waals surface area contributed by atoms with E-state index in [1.807, 2.05) is 0 Å². The summed E-state index contributed by atoms with van der Waals surface area (Å²) in [7, 11) is -11.3. The third-order valence-electron chi connectivity index (χ3n) is 18.1. The first-order valence-electron chi connectivity index (χ1n) is 34.5. The fourth-order valence-electron chi connectivity index (χ4n) is 12.1. The molecule has 19 N–H and O–H groups in total. The maximum Gasteiger partial charge on any atom is 0.472 e. The molecular weight excluding hydrogens is 1250 g/mol. The highest BCUT2D eigenvalue weighted by atomic mass is 31.2. The summed E-state index contributed by atoms with van der Waals surface area (Å²) in [5.74, 6) is -1.24. The number of amides is 1. The van der Waals surface area contributed by atoms with Gasteiger partial charge in [0.1, 0.15) is 104 Å². The van der Waals surface area contributed by atoms with Gasteiger partial charge in [-0.25, -0.2) is 9.13 Å². The Balaban J connectivity index is 1.61. The first-order valence-corrected chi connectivity index (χ1v) is 37.5. The summed E-state index contributed by atoms with van der Waals surface area (Å²) in [6.45, 7) is 1.95. The van der Waals surface area contributed by atoms with Crippen LogP contribution in [-0.4, -0.2) is 245 Å². The Morgan fingerprint density at radius 1 is 0.402 bits per heavy atom. The van der Waals surface area contributed by atoms with Crippen LogP contribution >= 0.6 is 15.6 Å². The Bertz CT molecular complexity index is 2000. The highest BCUT2D eigenvalue weighted by molar-refractivity contribution is 7.47. The van der Waals surface area contributed by atoms with Crippen molar-refractivity contribution in [2.24, 2.45) is 0 Å². The highest BCUT2D eigenvalue weighted by Gasteiger charge is 2.56. The molecule has 0 radical (unpaired) electrons. The van der Waals surface area contributed by atoms with Crippen LogP contribution < -0.4 is 5.32 Å². The molecule has 22 atom stereocenters. The van der Waals surface area contributed by atoms with E-state index in [0.29, 0.717) is 19.3 Å². The quantitative estimate of drug-likeness (QED) is 0.0307. The average molecular weight is 1370 g/mol. The third kappa shape index (κ3) is 30.6. The molecule has 0 aromatic rings. The lowest BCUT2D eigenvalue weighted by molar-refractivity contribution is -0.337. The topological polar surface area (TPSA) is 483 Å². The molecule has 1 heterocycles. The molecule has 30 heteroatoms. The number of carbonyl (C=O) groups excluding carboxylic acids is 1. The van der Waals surface area contributed by atoms with Crippen molar-refractivity contribution in [3.8, 4) is 0 Å². The van der Waals surface area contributed by atoms with E-state index < -0.39 is 169 Å². The first-order chi connectivity index (χ1) is 43.7. The van der Waals surface area contributed by atoms with Crippen LogP contribution in [0.5, 0.6) is 0 Å². The lowest BCUT2D eigenvalue weighted by Crippen LogP contribution is -2.67. The molecule has 0 aromatic heterocycles. The van der Waals surface area contributed by atoms with E-state index in [-0.39, 0.29) is 12.8 Å². The van der Waals surface area contributed by atoms with Crippen molar-refractivity contribution in [1.82, 2.24) is 5.32 Å². The SMILES string of the molecule is CCCCCCCCCCCCCCCCCCCCCCCC(O)C(O)C(=O)NC(COP(=O)(O)OC1C(O)C(O)C(O)C(O)C1OC1OC(COP(=O)(O)OC2C(O)C(O)C(O)C(O)C2O)C(O)C(O)C1O)C(O)C(O)CCCCCCCCCCCCCC.